The monoisotopic (exact) mass is 426 g/mol. The molecule has 0 radical (unpaired) electrons. The summed E-state index contributed by atoms with van der Waals surface area (Å²) in [6.07, 6.45) is 5.33. The standard InChI is InChI=1S/C27H22O5/c1-19-15-22(30-18-25(28)31-17-21-11-6-3-7-12-21)16-24-26(19)27(29)23(32-24)14-8-13-20-9-4-2-5-10-20/h2-16H,17-18H2,1H3/b13-8+,23-14-. The van der Waals surface area contributed by atoms with Gasteiger partial charge in [-0.25, -0.2) is 4.79 Å². The van der Waals surface area contributed by atoms with E-state index >= 15 is 0 Å². The number of carbonyl (C=O) groups is 2. The molecule has 0 amide bonds. The van der Waals surface area contributed by atoms with Crippen LogP contribution in [-0.2, 0) is 16.1 Å². The molecule has 0 spiro atoms. The summed E-state index contributed by atoms with van der Waals surface area (Å²) in [4.78, 5) is 24.7. The Balaban J connectivity index is 1.38. The summed E-state index contributed by atoms with van der Waals surface area (Å²) in [7, 11) is 0. The van der Waals surface area contributed by atoms with Crippen LogP contribution in [0.5, 0.6) is 11.5 Å². The number of aryl methyl sites for hydroxylation is 1. The van der Waals surface area contributed by atoms with Crippen molar-refractivity contribution in [1.82, 2.24) is 0 Å². The summed E-state index contributed by atoms with van der Waals surface area (Å²) in [5.41, 5.74) is 3.15. The third-order valence-corrected chi connectivity index (χ3v) is 4.88. The molecular formula is C27H22O5. The van der Waals surface area contributed by atoms with Crippen LogP contribution in [0.2, 0.25) is 0 Å². The minimum absolute atomic E-state index is 0.177. The third kappa shape index (κ3) is 5.13. The Kier molecular flexibility index (Phi) is 6.46. The summed E-state index contributed by atoms with van der Waals surface area (Å²) in [5.74, 6) is 0.447. The second kappa shape index (κ2) is 9.79. The van der Waals surface area contributed by atoms with E-state index < -0.39 is 5.97 Å². The van der Waals surface area contributed by atoms with Crippen molar-refractivity contribution in [3.05, 3.63) is 113 Å². The van der Waals surface area contributed by atoms with Crippen molar-refractivity contribution in [1.29, 1.82) is 0 Å². The van der Waals surface area contributed by atoms with E-state index in [0.717, 1.165) is 16.7 Å². The molecule has 0 aliphatic carbocycles. The van der Waals surface area contributed by atoms with Crippen LogP contribution < -0.4 is 9.47 Å². The zero-order valence-corrected chi connectivity index (χ0v) is 17.6. The minimum atomic E-state index is -0.476. The van der Waals surface area contributed by atoms with Crippen LogP contribution in [0.1, 0.15) is 27.0 Å². The normalized spacial score (nSPS) is 13.8. The topological polar surface area (TPSA) is 61.8 Å². The Morgan fingerprint density at radius 2 is 1.72 bits per heavy atom. The van der Waals surface area contributed by atoms with Gasteiger partial charge in [-0.3, -0.25) is 4.79 Å². The first kappa shape index (κ1) is 21.1. The van der Waals surface area contributed by atoms with E-state index in [9.17, 15) is 9.59 Å². The second-order valence-corrected chi connectivity index (χ2v) is 7.28. The van der Waals surface area contributed by atoms with Crippen molar-refractivity contribution >= 4 is 17.8 Å². The molecule has 0 fully saturated rings. The summed E-state index contributed by atoms with van der Waals surface area (Å²) in [6, 6.07) is 22.5. The highest BCUT2D eigenvalue weighted by atomic mass is 16.6. The lowest BCUT2D eigenvalue weighted by Gasteiger charge is -2.09. The highest BCUT2D eigenvalue weighted by Crippen LogP contribution is 2.37. The van der Waals surface area contributed by atoms with Crippen LogP contribution in [0.3, 0.4) is 0 Å². The first-order chi connectivity index (χ1) is 15.6. The first-order valence-electron chi connectivity index (χ1n) is 10.2. The fourth-order valence-corrected chi connectivity index (χ4v) is 3.31. The molecule has 1 heterocycles. The van der Waals surface area contributed by atoms with Crippen molar-refractivity contribution < 1.29 is 23.8 Å². The number of carbonyl (C=O) groups excluding carboxylic acids is 2. The van der Waals surface area contributed by atoms with Crippen LogP contribution >= 0.6 is 0 Å². The van der Waals surface area contributed by atoms with Gasteiger partial charge in [-0.2, -0.15) is 0 Å². The van der Waals surface area contributed by atoms with E-state index in [-0.39, 0.29) is 24.8 Å². The van der Waals surface area contributed by atoms with Crippen LogP contribution in [0.4, 0.5) is 0 Å². The van der Waals surface area contributed by atoms with E-state index in [1.54, 1.807) is 24.3 Å². The summed E-state index contributed by atoms with van der Waals surface area (Å²) >= 11 is 0. The maximum Gasteiger partial charge on any atom is 0.344 e. The Bertz CT molecular complexity index is 1180. The summed E-state index contributed by atoms with van der Waals surface area (Å²) in [6.45, 7) is 1.76. The van der Waals surface area contributed by atoms with Crippen molar-refractivity contribution in [2.75, 3.05) is 6.61 Å². The lowest BCUT2D eigenvalue weighted by atomic mass is 10.0. The molecule has 5 nitrogen and oxygen atoms in total. The van der Waals surface area contributed by atoms with Gasteiger partial charge in [-0.05, 0) is 35.8 Å². The Hall–Kier alpha value is -4.12. The maximum atomic E-state index is 12.7. The van der Waals surface area contributed by atoms with Gasteiger partial charge in [-0.1, -0.05) is 72.8 Å². The molecule has 0 saturated heterocycles. The molecule has 0 aromatic heterocycles. The van der Waals surface area contributed by atoms with Gasteiger partial charge in [0.1, 0.15) is 18.1 Å². The SMILES string of the molecule is Cc1cc(OCC(=O)OCc2ccccc2)cc2c1C(=O)/C(=C/C=C/c1ccccc1)O2. The average Bonchev–Trinajstić information content (AvgIpc) is 3.13. The van der Waals surface area contributed by atoms with Gasteiger partial charge in [0.15, 0.2) is 12.4 Å². The number of esters is 1. The largest absolute Gasteiger partial charge is 0.482 e. The van der Waals surface area contributed by atoms with Gasteiger partial charge >= 0.3 is 5.97 Å². The fraction of sp³-hybridized carbons (Fsp3) is 0.111. The van der Waals surface area contributed by atoms with Crippen molar-refractivity contribution in [3.63, 3.8) is 0 Å². The van der Waals surface area contributed by atoms with Crippen LogP contribution in [0.25, 0.3) is 6.08 Å². The highest BCUT2D eigenvalue weighted by molar-refractivity contribution is 6.13. The lowest BCUT2D eigenvalue weighted by molar-refractivity contribution is -0.147. The number of rotatable bonds is 7. The number of ether oxygens (including phenoxy) is 3. The highest BCUT2D eigenvalue weighted by Gasteiger charge is 2.29. The van der Waals surface area contributed by atoms with Gasteiger partial charge in [0, 0.05) is 6.07 Å². The van der Waals surface area contributed by atoms with E-state index in [1.807, 2.05) is 73.7 Å². The molecule has 5 heteroatoms. The van der Waals surface area contributed by atoms with Crippen molar-refractivity contribution in [3.8, 4) is 11.5 Å². The summed E-state index contributed by atoms with van der Waals surface area (Å²) in [5, 5.41) is 0. The Morgan fingerprint density at radius 3 is 2.47 bits per heavy atom. The van der Waals surface area contributed by atoms with Crippen LogP contribution in [0.15, 0.2) is 90.7 Å². The number of Topliss-reactive ketones (excluding diaryl/α,β-unsaturated/α-hetero) is 1. The van der Waals surface area contributed by atoms with Gasteiger partial charge < -0.3 is 14.2 Å². The number of hydrogen-bond donors (Lipinski definition) is 0. The number of hydrogen-bond acceptors (Lipinski definition) is 5. The summed E-state index contributed by atoms with van der Waals surface area (Å²) < 4.78 is 16.5. The van der Waals surface area contributed by atoms with Crippen LogP contribution in [0, 0.1) is 6.92 Å². The number of ketones is 1. The molecular weight excluding hydrogens is 404 g/mol. The van der Waals surface area contributed by atoms with Crippen molar-refractivity contribution in [2.24, 2.45) is 0 Å². The Labute approximate surface area is 186 Å². The molecule has 32 heavy (non-hydrogen) atoms. The molecule has 160 valence electrons. The fourth-order valence-electron chi connectivity index (χ4n) is 3.31. The second-order valence-electron chi connectivity index (χ2n) is 7.28. The zero-order valence-electron chi connectivity index (χ0n) is 17.6. The molecule has 0 atom stereocenters. The van der Waals surface area contributed by atoms with E-state index in [0.29, 0.717) is 17.1 Å². The maximum absolute atomic E-state index is 12.7. The number of benzene rings is 3. The predicted molar refractivity (Wildman–Crippen MR) is 121 cm³/mol. The van der Waals surface area contributed by atoms with E-state index in [2.05, 4.69) is 0 Å². The molecule has 4 rings (SSSR count). The third-order valence-electron chi connectivity index (χ3n) is 4.88. The smallest absolute Gasteiger partial charge is 0.344 e. The average molecular weight is 426 g/mol. The van der Waals surface area contributed by atoms with E-state index in [4.69, 9.17) is 14.2 Å². The molecule has 0 N–H and O–H groups in total. The number of fused-ring (bicyclic) bond motifs is 1. The predicted octanol–water partition coefficient (Wildman–Crippen LogP) is 5.29. The van der Waals surface area contributed by atoms with Crippen molar-refractivity contribution in [2.45, 2.75) is 13.5 Å². The number of allylic oxidation sites excluding steroid dienone is 3. The van der Waals surface area contributed by atoms with E-state index in [1.165, 1.54) is 0 Å². The lowest BCUT2D eigenvalue weighted by Crippen LogP contribution is -2.14. The zero-order chi connectivity index (χ0) is 22.3. The van der Waals surface area contributed by atoms with Gasteiger partial charge in [0.2, 0.25) is 5.78 Å². The molecule has 0 saturated carbocycles. The first-order valence-corrected chi connectivity index (χ1v) is 10.2. The Morgan fingerprint density at radius 1 is 1.00 bits per heavy atom. The minimum Gasteiger partial charge on any atom is -0.482 e. The molecule has 0 bridgehead atoms. The molecule has 0 unspecified atom stereocenters. The molecule has 3 aromatic carbocycles. The van der Waals surface area contributed by atoms with Gasteiger partial charge in [0.05, 0.1) is 5.56 Å². The van der Waals surface area contributed by atoms with Gasteiger partial charge in [-0.15, -0.1) is 0 Å². The molecule has 1 aliphatic heterocycles. The quantitative estimate of drug-likeness (QED) is 0.379. The van der Waals surface area contributed by atoms with Crippen LogP contribution in [-0.4, -0.2) is 18.4 Å². The van der Waals surface area contributed by atoms with Gasteiger partial charge in [0.25, 0.3) is 0 Å². The molecule has 3 aromatic rings. The molecule has 1 aliphatic rings.